The van der Waals surface area contributed by atoms with Crippen LogP contribution in [0.25, 0.3) is 0 Å². The van der Waals surface area contributed by atoms with Crippen LogP contribution in [0.4, 0.5) is 5.69 Å². The molecule has 0 atom stereocenters. The zero-order valence-electron chi connectivity index (χ0n) is 10.0. The van der Waals surface area contributed by atoms with Gasteiger partial charge in [-0.3, -0.25) is 4.79 Å². The Labute approximate surface area is 101 Å². The van der Waals surface area contributed by atoms with Crippen LogP contribution >= 0.6 is 0 Å². The molecule has 17 heavy (non-hydrogen) atoms. The number of ether oxygens (including phenoxy) is 1. The van der Waals surface area contributed by atoms with Crippen molar-refractivity contribution in [2.24, 2.45) is 5.41 Å². The van der Waals surface area contributed by atoms with Gasteiger partial charge in [-0.05, 0) is 17.7 Å². The minimum absolute atomic E-state index is 0.0312. The van der Waals surface area contributed by atoms with Gasteiger partial charge in [-0.2, -0.15) is 0 Å². The maximum atomic E-state index is 11.7. The number of rotatable bonds is 4. The molecule has 2 rings (SSSR count). The molecule has 1 fully saturated rings. The average Bonchev–Trinajstić information content (AvgIpc) is 2.24. The van der Waals surface area contributed by atoms with E-state index < -0.39 is 0 Å². The zero-order chi connectivity index (χ0) is 12.3. The van der Waals surface area contributed by atoms with Crippen LogP contribution < -0.4 is 11.1 Å². The third-order valence-electron chi connectivity index (χ3n) is 2.93. The molecule has 0 spiro atoms. The summed E-state index contributed by atoms with van der Waals surface area (Å²) in [4.78, 5) is 11.7. The summed E-state index contributed by atoms with van der Waals surface area (Å²) in [5.74, 6) is 0.0312. The molecule has 1 aliphatic heterocycles. The number of hydrogen-bond acceptors (Lipinski definition) is 3. The third kappa shape index (κ3) is 3.20. The number of nitrogens with one attached hydrogen (secondary N) is 1. The van der Waals surface area contributed by atoms with Crippen molar-refractivity contribution in [2.75, 3.05) is 25.5 Å². The first-order valence-corrected chi connectivity index (χ1v) is 5.76. The molecule has 1 saturated heterocycles. The highest BCUT2D eigenvalue weighted by Crippen LogP contribution is 2.25. The number of benzene rings is 1. The molecular formula is C13H18N2O2. The van der Waals surface area contributed by atoms with E-state index in [4.69, 9.17) is 10.5 Å². The largest absolute Gasteiger partial charge is 0.399 e. The summed E-state index contributed by atoms with van der Waals surface area (Å²) < 4.78 is 5.14. The maximum Gasteiger partial charge on any atom is 0.224 e. The van der Waals surface area contributed by atoms with Crippen molar-refractivity contribution >= 4 is 11.6 Å². The van der Waals surface area contributed by atoms with E-state index in [-0.39, 0.29) is 11.3 Å². The molecule has 0 aromatic heterocycles. The van der Waals surface area contributed by atoms with Crippen LogP contribution in [0.15, 0.2) is 24.3 Å². The Morgan fingerprint density at radius 3 is 2.88 bits per heavy atom. The lowest BCUT2D eigenvalue weighted by molar-refractivity contribution is -0.126. The number of carbonyl (C=O) groups excluding carboxylic acids is 1. The van der Waals surface area contributed by atoms with Crippen LogP contribution in [0.1, 0.15) is 12.5 Å². The SMILES string of the molecule is CC1(CNC(=O)Cc2cccc(N)c2)COC1. The predicted molar refractivity (Wildman–Crippen MR) is 66.5 cm³/mol. The highest BCUT2D eigenvalue weighted by molar-refractivity contribution is 5.78. The first-order chi connectivity index (χ1) is 8.07. The van der Waals surface area contributed by atoms with Crippen LogP contribution in [0.5, 0.6) is 0 Å². The van der Waals surface area contributed by atoms with Crippen LogP contribution in [-0.2, 0) is 16.0 Å². The summed E-state index contributed by atoms with van der Waals surface area (Å²) in [6.07, 6.45) is 0.377. The molecule has 92 valence electrons. The van der Waals surface area contributed by atoms with E-state index in [1.54, 1.807) is 0 Å². The molecule has 0 aliphatic carbocycles. The van der Waals surface area contributed by atoms with Crippen LogP contribution in [-0.4, -0.2) is 25.7 Å². The summed E-state index contributed by atoms with van der Waals surface area (Å²) in [6.45, 7) is 4.24. The average molecular weight is 234 g/mol. The molecule has 0 bridgehead atoms. The van der Waals surface area contributed by atoms with Crippen molar-refractivity contribution in [3.63, 3.8) is 0 Å². The summed E-state index contributed by atoms with van der Waals surface area (Å²) >= 11 is 0. The fourth-order valence-electron chi connectivity index (χ4n) is 1.82. The Morgan fingerprint density at radius 1 is 1.53 bits per heavy atom. The monoisotopic (exact) mass is 234 g/mol. The quantitative estimate of drug-likeness (QED) is 0.763. The Bertz CT molecular complexity index is 414. The van der Waals surface area contributed by atoms with Crippen molar-refractivity contribution < 1.29 is 9.53 Å². The summed E-state index contributed by atoms with van der Waals surface area (Å²) in [6, 6.07) is 7.41. The number of amides is 1. The van der Waals surface area contributed by atoms with Gasteiger partial charge in [-0.1, -0.05) is 19.1 Å². The normalized spacial score (nSPS) is 17.2. The first-order valence-electron chi connectivity index (χ1n) is 5.76. The molecule has 1 aliphatic rings. The molecule has 0 radical (unpaired) electrons. The third-order valence-corrected chi connectivity index (χ3v) is 2.93. The fourth-order valence-corrected chi connectivity index (χ4v) is 1.82. The molecule has 1 aromatic rings. The van der Waals surface area contributed by atoms with Crippen molar-refractivity contribution in [3.8, 4) is 0 Å². The van der Waals surface area contributed by atoms with E-state index in [1.165, 1.54) is 0 Å². The number of nitrogen functional groups attached to an aromatic ring is 1. The van der Waals surface area contributed by atoms with Crippen molar-refractivity contribution in [3.05, 3.63) is 29.8 Å². The van der Waals surface area contributed by atoms with Gasteiger partial charge in [0.1, 0.15) is 0 Å². The van der Waals surface area contributed by atoms with E-state index in [9.17, 15) is 4.79 Å². The van der Waals surface area contributed by atoms with Gasteiger partial charge in [0.05, 0.1) is 19.6 Å². The summed E-state index contributed by atoms with van der Waals surface area (Å²) in [5.41, 5.74) is 7.41. The van der Waals surface area contributed by atoms with Crippen molar-refractivity contribution in [2.45, 2.75) is 13.3 Å². The van der Waals surface area contributed by atoms with Gasteiger partial charge >= 0.3 is 0 Å². The molecular weight excluding hydrogens is 216 g/mol. The Hall–Kier alpha value is -1.55. The Morgan fingerprint density at radius 2 is 2.29 bits per heavy atom. The van der Waals surface area contributed by atoms with E-state index >= 15 is 0 Å². The molecule has 1 aromatic carbocycles. The van der Waals surface area contributed by atoms with E-state index in [0.717, 1.165) is 18.8 Å². The van der Waals surface area contributed by atoms with Crippen LogP contribution in [0.3, 0.4) is 0 Å². The van der Waals surface area contributed by atoms with Crippen LogP contribution in [0.2, 0.25) is 0 Å². The van der Waals surface area contributed by atoms with Gasteiger partial charge in [0, 0.05) is 17.6 Å². The smallest absolute Gasteiger partial charge is 0.224 e. The lowest BCUT2D eigenvalue weighted by Gasteiger charge is -2.38. The number of carbonyl (C=O) groups is 1. The minimum Gasteiger partial charge on any atom is -0.399 e. The zero-order valence-corrected chi connectivity index (χ0v) is 10.0. The van der Waals surface area contributed by atoms with Crippen molar-refractivity contribution in [1.82, 2.24) is 5.32 Å². The highest BCUT2D eigenvalue weighted by atomic mass is 16.5. The van der Waals surface area contributed by atoms with Gasteiger partial charge in [-0.15, -0.1) is 0 Å². The van der Waals surface area contributed by atoms with E-state index in [1.807, 2.05) is 24.3 Å². The fraction of sp³-hybridized carbons (Fsp3) is 0.462. The second kappa shape index (κ2) is 4.75. The molecule has 0 saturated carbocycles. The van der Waals surface area contributed by atoms with Gasteiger partial charge in [0.15, 0.2) is 0 Å². The molecule has 3 N–H and O–H groups in total. The number of anilines is 1. The number of hydrogen-bond donors (Lipinski definition) is 2. The van der Waals surface area contributed by atoms with E-state index in [0.29, 0.717) is 18.7 Å². The summed E-state index contributed by atoms with van der Waals surface area (Å²) in [5, 5.41) is 2.93. The topological polar surface area (TPSA) is 64.4 Å². The molecule has 4 nitrogen and oxygen atoms in total. The van der Waals surface area contributed by atoms with Crippen LogP contribution in [0, 0.1) is 5.41 Å². The molecule has 0 unspecified atom stereocenters. The van der Waals surface area contributed by atoms with Gasteiger partial charge < -0.3 is 15.8 Å². The standard InChI is InChI=1S/C13H18N2O2/c1-13(8-17-9-13)7-15-12(16)6-10-3-2-4-11(14)5-10/h2-5H,6-9,14H2,1H3,(H,15,16). The lowest BCUT2D eigenvalue weighted by atomic mass is 9.89. The maximum absolute atomic E-state index is 11.7. The predicted octanol–water partition coefficient (Wildman–Crippen LogP) is 0.964. The second-order valence-corrected chi connectivity index (χ2v) is 5.00. The minimum atomic E-state index is 0.0312. The Kier molecular flexibility index (Phi) is 3.33. The molecule has 1 amide bonds. The molecule has 1 heterocycles. The van der Waals surface area contributed by atoms with Gasteiger partial charge in [0.2, 0.25) is 5.91 Å². The Balaban J connectivity index is 1.81. The number of nitrogens with two attached hydrogens (primary N) is 1. The van der Waals surface area contributed by atoms with Gasteiger partial charge in [0.25, 0.3) is 0 Å². The second-order valence-electron chi connectivity index (χ2n) is 5.00. The first kappa shape index (κ1) is 11.9. The van der Waals surface area contributed by atoms with Crippen molar-refractivity contribution in [1.29, 1.82) is 0 Å². The van der Waals surface area contributed by atoms with E-state index in [2.05, 4.69) is 12.2 Å². The highest BCUT2D eigenvalue weighted by Gasteiger charge is 2.33. The summed E-state index contributed by atoms with van der Waals surface area (Å²) in [7, 11) is 0. The molecule has 4 heteroatoms. The lowest BCUT2D eigenvalue weighted by Crippen LogP contribution is -2.48. The van der Waals surface area contributed by atoms with Gasteiger partial charge in [-0.25, -0.2) is 0 Å².